The summed E-state index contributed by atoms with van der Waals surface area (Å²) in [5.74, 6) is 0.116. The molecule has 3 heterocycles. The number of methoxy groups -OCH3 is 1. The van der Waals surface area contributed by atoms with Crippen LogP contribution in [0.4, 0.5) is 0 Å². The van der Waals surface area contributed by atoms with Gasteiger partial charge in [0, 0.05) is 38.2 Å². The minimum absolute atomic E-state index is 0.157. The van der Waals surface area contributed by atoms with E-state index in [-0.39, 0.29) is 23.9 Å². The Bertz CT molecular complexity index is 1440. The number of pyridine rings is 1. The maximum absolute atomic E-state index is 13.6. The maximum Gasteiger partial charge on any atom is 0.262 e. The van der Waals surface area contributed by atoms with Crippen molar-refractivity contribution < 1.29 is 18.7 Å². The number of rotatable bonds is 12. The number of hydrogen-bond acceptors (Lipinski definition) is 8. The summed E-state index contributed by atoms with van der Waals surface area (Å²) in [4.78, 5) is 48.0. The number of nitrogens with one attached hydrogen (secondary N) is 2. The second-order valence-corrected chi connectivity index (χ2v) is 9.61. The number of hydrogen-bond donors (Lipinski definition) is 2. The first kappa shape index (κ1) is 27.1. The van der Waals surface area contributed by atoms with Gasteiger partial charge in [-0.1, -0.05) is 24.8 Å². The van der Waals surface area contributed by atoms with Gasteiger partial charge < -0.3 is 19.8 Å². The first-order chi connectivity index (χ1) is 18.5. The Balaban J connectivity index is 1.65. The summed E-state index contributed by atoms with van der Waals surface area (Å²) < 4.78 is 12.0. The quantitative estimate of drug-likeness (QED) is 0.161. The van der Waals surface area contributed by atoms with Crippen molar-refractivity contribution in [3.05, 3.63) is 88.4 Å². The third-order valence-electron chi connectivity index (χ3n) is 5.77. The van der Waals surface area contributed by atoms with Gasteiger partial charge in [-0.3, -0.25) is 23.9 Å². The van der Waals surface area contributed by atoms with Gasteiger partial charge in [-0.25, -0.2) is 4.98 Å². The molecule has 0 fully saturated rings. The number of ether oxygens (including phenoxy) is 1. The Morgan fingerprint density at radius 2 is 2.05 bits per heavy atom. The first-order valence-corrected chi connectivity index (χ1v) is 13.1. The lowest BCUT2D eigenvalue weighted by Gasteiger charge is -2.18. The van der Waals surface area contributed by atoms with Crippen molar-refractivity contribution in [2.75, 3.05) is 20.3 Å². The standard InChI is InChI=1S/C27H29N5O5S/c1-3-23(25(34)30-16-18-6-4-10-28-15-18)38-27-31-22-14-19(24(33)29-11-13-36-2)8-9-21(22)26(35)32(27)17-20-7-5-12-37-20/h4-10,12,14-15,23H,3,11,13,16-17H2,1-2H3,(H,29,33)(H,30,34). The predicted molar refractivity (Wildman–Crippen MR) is 144 cm³/mol. The van der Waals surface area contributed by atoms with Crippen molar-refractivity contribution in [2.24, 2.45) is 0 Å². The van der Waals surface area contributed by atoms with E-state index in [4.69, 9.17) is 14.1 Å². The first-order valence-electron chi connectivity index (χ1n) is 12.2. The van der Waals surface area contributed by atoms with Gasteiger partial charge in [0.25, 0.3) is 11.5 Å². The Labute approximate surface area is 223 Å². The van der Waals surface area contributed by atoms with Crippen LogP contribution < -0.4 is 16.2 Å². The molecule has 0 spiro atoms. The molecule has 11 heteroatoms. The average Bonchev–Trinajstić information content (AvgIpc) is 3.46. The highest BCUT2D eigenvalue weighted by Crippen LogP contribution is 2.26. The number of aromatic nitrogens is 3. The van der Waals surface area contributed by atoms with Crippen molar-refractivity contribution in [3.8, 4) is 0 Å². The molecular weight excluding hydrogens is 506 g/mol. The smallest absolute Gasteiger partial charge is 0.262 e. The fraction of sp³-hybridized carbons (Fsp3) is 0.296. The van der Waals surface area contributed by atoms with Crippen molar-refractivity contribution in [3.63, 3.8) is 0 Å². The number of benzene rings is 1. The van der Waals surface area contributed by atoms with E-state index in [1.54, 1.807) is 49.8 Å². The van der Waals surface area contributed by atoms with Crippen molar-refractivity contribution in [1.82, 2.24) is 25.2 Å². The Morgan fingerprint density at radius 3 is 2.76 bits per heavy atom. The zero-order chi connectivity index (χ0) is 26.9. The van der Waals surface area contributed by atoms with E-state index in [2.05, 4.69) is 15.6 Å². The third kappa shape index (κ3) is 6.67. The van der Waals surface area contributed by atoms with Gasteiger partial charge in [0.2, 0.25) is 5.91 Å². The highest BCUT2D eigenvalue weighted by molar-refractivity contribution is 8.00. The van der Waals surface area contributed by atoms with Crippen molar-refractivity contribution in [2.45, 2.75) is 36.8 Å². The summed E-state index contributed by atoms with van der Waals surface area (Å²) in [6, 6.07) is 12.0. The molecule has 38 heavy (non-hydrogen) atoms. The topological polar surface area (TPSA) is 128 Å². The van der Waals surface area contributed by atoms with Crippen LogP contribution in [0.15, 0.2) is 75.5 Å². The number of thioether (sulfide) groups is 1. The van der Waals surface area contributed by atoms with Crippen LogP contribution in [0.1, 0.15) is 35.0 Å². The summed E-state index contributed by atoms with van der Waals surface area (Å²) in [6.07, 6.45) is 5.43. The Hall–Kier alpha value is -3.96. The molecule has 0 saturated carbocycles. The highest BCUT2D eigenvalue weighted by Gasteiger charge is 2.23. The van der Waals surface area contributed by atoms with Gasteiger partial charge in [-0.2, -0.15) is 0 Å². The van der Waals surface area contributed by atoms with Crippen LogP contribution in [-0.2, 0) is 22.6 Å². The van der Waals surface area contributed by atoms with Crippen LogP contribution in [0.3, 0.4) is 0 Å². The summed E-state index contributed by atoms with van der Waals surface area (Å²) in [6.45, 7) is 3.15. The molecule has 1 unspecified atom stereocenters. The van der Waals surface area contributed by atoms with Gasteiger partial charge in [0.1, 0.15) is 5.76 Å². The third-order valence-corrected chi connectivity index (χ3v) is 7.12. The zero-order valence-electron chi connectivity index (χ0n) is 21.2. The van der Waals surface area contributed by atoms with E-state index in [9.17, 15) is 14.4 Å². The van der Waals surface area contributed by atoms with Crippen LogP contribution in [0.5, 0.6) is 0 Å². The SMILES string of the molecule is CCC(Sc1nc2cc(C(=O)NCCOC)ccc2c(=O)n1Cc1ccco1)C(=O)NCc1cccnc1. The van der Waals surface area contributed by atoms with Crippen LogP contribution in [0.2, 0.25) is 0 Å². The molecule has 2 N–H and O–H groups in total. The average molecular weight is 536 g/mol. The summed E-state index contributed by atoms with van der Waals surface area (Å²) in [5, 5.41) is 5.93. The molecular formula is C27H29N5O5S. The van der Waals surface area contributed by atoms with Gasteiger partial charge in [-0.15, -0.1) is 0 Å². The number of carbonyl (C=O) groups is 2. The Morgan fingerprint density at radius 1 is 1.18 bits per heavy atom. The van der Waals surface area contributed by atoms with Gasteiger partial charge in [-0.05, 0) is 48.4 Å². The highest BCUT2D eigenvalue weighted by atomic mass is 32.2. The lowest BCUT2D eigenvalue weighted by atomic mass is 10.1. The van der Waals surface area contributed by atoms with Gasteiger partial charge in [0.05, 0.1) is 35.6 Å². The second kappa shape index (κ2) is 13.0. The molecule has 0 aliphatic carbocycles. The van der Waals surface area contributed by atoms with E-state index in [0.717, 1.165) is 5.56 Å². The summed E-state index contributed by atoms with van der Waals surface area (Å²) >= 11 is 1.21. The van der Waals surface area contributed by atoms with Crippen molar-refractivity contribution >= 4 is 34.5 Å². The van der Waals surface area contributed by atoms with E-state index >= 15 is 0 Å². The van der Waals surface area contributed by atoms with Crippen molar-refractivity contribution in [1.29, 1.82) is 0 Å². The normalized spacial score (nSPS) is 11.8. The summed E-state index contributed by atoms with van der Waals surface area (Å²) in [5.41, 5.74) is 1.35. The summed E-state index contributed by atoms with van der Waals surface area (Å²) in [7, 11) is 1.56. The molecule has 0 saturated heterocycles. The molecule has 2 amide bonds. The number of amides is 2. The lowest BCUT2D eigenvalue weighted by Crippen LogP contribution is -2.33. The monoisotopic (exact) mass is 535 g/mol. The number of carbonyl (C=O) groups excluding carboxylic acids is 2. The number of furan rings is 1. The molecule has 0 aliphatic heterocycles. The minimum Gasteiger partial charge on any atom is -0.467 e. The molecule has 4 rings (SSSR count). The van der Waals surface area contributed by atoms with Crippen LogP contribution in [0, 0.1) is 0 Å². The lowest BCUT2D eigenvalue weighted by molar-refractivity contribution is -0.120. The molecule has 198 valence electrons. The number of fused-ring (bicyclic) bond motifs is 1. The zero-order valence-corrected chi connectivity index (χ0v) is 22.0. The molecule has 0 aliphatic rings. The minimum atomic E-state index is -0.501. The largest absolute Gasteiger partial charge is 0.467 e. The number of nitrogens with zero attached hydrogens (tertiary/aromatic N) is 3. The van der Waals surface area contributed by atoms with Crippen LogP contribution in [-0.4, -0.2) is 51.9 Å². The molecule has 3 aromatic heterocycles. The van der Waals surface area contributed by atoms with E-state index < -0.39 is 5.25 Å². The van der Waals surface area contributed by atoms with E-state index in [1.165, 1.54) is 22.6 Å². The molecule has 0 bridgehead atoms. The molecule has 10 nitrogen and oxygen atoms in total. The predicted octanol–water partition coefficient (Wildman–Crippen LogP) is 3.00. The Kier molecular flexibility index (Phi) is 9.28. The van der Waals surface area contributed by atoms with Gasteiger partial charge >= 0.3 is 0 Å². The van der Waals surface area contributed by atoms with Crippen LogP contribution >= 0.6 is 11.8 Å². The van der Waals surface area contributed by atoms with Gasteiger partial charge in [0.15, 0.2) is 5.16 Å². The van der Waals surface area contributed by atoms with E-state index in [1.807, 2.05) is 19.1 Å². The molecule has 1 aromatic carbocycles. The second-order valence-electron chi connectivity index (χ2n) is 8.44. The molecule has 1 atom stereocenters. The maximum atomic E-state index is 13.6. The van der Waals surface area contributed by atoms with E-state index in [0.29, 0.717) is 53.5 Å². The fourth-order valence-corrected chi connectivity index (χ4v) is 4.79. The molecule has 0 radical (unpaired) electrons. The molecule has 4 aromatic rings. The van der Waals surface area contributed by atoms with Crippen LogP contribution in [0.25, 0.3) is 10.9 Å². The fourth-order valence-electron chi connectivity index (χ4n) is 3.75.